The van der Waals surface area contributed by atoms with Crippen LogP contribution in [0.2, 0.25) is 0 Å². The Morgan fingerprint density at radius 3 is 2.75 bits per heavy atom. The molecule has 1 atom stereocenters. The highest BCUT2D eigenvalue weighted by Crippen LogP contribution is 2.37. The lowest BCUT2D eigenvalue weighted by Crippen LogP contribution is -2.41. The maximum absolute atomic E-state index is 11.2. The Balaban J connectivity index is 2.25. The smallest absolute Gasteiger partial charge is 0.326 e. The number of amides is 1. The van der Waals surface area contributed by atoms with Crippen molar-refractivity contribution < 1.29 is 19.4 Å². The molecule has 0 aromatic heterocycles. The van der Waals surface area contributed by atoms with E-state index >= 15 is 0 Å². The minimum Gasteiger partial charge on any atom is -0.487 e. The third kappa shape index (κ3) is 3.10. The second-order valence-electron chi connectivity index (χ2n) is 5.74. The summed E-state index contributed by atoms with van der Waals surface area (Å²) in [6, 6.07) is 4.79. The Kier molecular flexibility index (Phi) is 3.70. The topological polar surface area (TPSA) is 75.6 Å². The number of carboxylic acids is 1. The van der Waals surface area contributed by atoms with Crippen molar-refractivity contribution in [3.8, 4) is 5.75 Å². The van der Waals surface area contributed by atoms with Crippen LogP contribution in [0.1, 0.15) is 31.9 Å². The van der Waals surface area contributed by atoms with Crippen molar-refractivity contribution in [1.82, 2.24) is 5.32 Å². The second-order valence-corrected chi connectivity index (χ2v) is 5.74. The maximum Gasteiger partial charge on any atom is 0.326 e. The molecule has 0 fully saturated rings. The summed E-state index contributed by atoms with van der Waals surface area (Å²) in [5.41, 5.74) is 1.62. The van der Waals surface area contributed by atoms with Crippen molar-refractivity contribution in [3.63, 3.8) is 0 Å². The van der Waals surface area contributed by atoms with Crippen molar-refractivity contribution >= 4 is 11.9 Å². The molecule has 0 spiro atoms. The van der Waals surface area contributed by atoms with Crippen LogP contribution in [-0.4, -0.2) is 28.6 Å². The van der Waals surface area contributed by atoms with Crippen LogP contribution in [0, 0.1) is 0 Å². The molecule has 5 nitrogen and oxygen atoms in total. The molecule has 1 amide bonds. The average Bonchev–Trinajstić information content (AvgIpc) is 2.62. The Labute approximate surface area is 117 Å². The van der Waals surface area contributed by atoms with E-state index in [4.69, 9.17) is 4.74 Å². The summed E-state index contributed by atoms with van der Waals surface area (Å²) in [5.74, 6) is -0.643. The number of rotatable bonds is 4. The average molecular weight is 277 g/mol. The molecular weight excluding hydrogens is 258 g/mol. The molecule has 1 aliphatic rings. The van der Waals surface area contributed by atoms with Crippen molar-refractivity contribution in [1.29, 1.82) is 0 Å². The summed E-state index contributed by atoms with van der Waals surface area (Å²) in [4.78, 5) is 22.3. The number of fused-ring (bicyclic) bond motifs is 1. The first-order valence-corrected chi connectivity index (χ1v) is 6.58. The van der Waals surface area contributed by atoms with Gasteiger partial charge in [0.1, 0.15) is 17.4 Å². The van der Waals surface area contributed by atoms with Crippen LogP contribution in [0.4, 0.5) is 0 Å². The fraction of sp³-hybridized carbons (Fsp3) is 0.467. The summed E-state index contributed by atoms with van der Waals surface area (Å²) in [5, 5.41) is 11.6. The first kappa shape index (κ1) is 14.4. The molecule has 2 rings (SSSR count). The minimum atomic E-state index is -1.05. The number of hydrogen-bond acceptors (Lipinski definition) is 3. The summed E-state index contributed by atoms with van der Waals surface area (Å²) < 4.78 is 5.91. The zero-order valence-electron chi connectivity index (χ0n) is 11.9. The Morgan fingerprint density at radius 2 is 2.15 bits per heavy atom. The molecule has 1 aromatic carbocycles. The molecular formula is C15H19NO4. The fourth-order valence-electron chi connectivity index (χ4n) is 2.51. The van der Waals surface area contributed by atoms with Gasteiger partial charge in [0.05, 0.1) is 0 Å². The normalized spacial score (nSPS) is 16.9. The third-order valence-electron chi connectivity index (χ3n) is 3.27. The highest BCUT2D eigenvalue weighted by molar-refractivity contribution is 5.82. The van der Waals surface area contributed by atoms with Gasteiger partial charge >= 0.3 is 5.97 Å². The van der Waals surface area contributed by atoms with Gasteiger partial charge in [0.25, 0.3) is 0 Å². The molecule has 0 saturated carbocycles. The lowest BCUT2D eigenvalue weighted by atomic mass is 9.98. The van der Waals surface area contributed by atoms with Crippen molar-refractivity contribution in [3.05, 3.63) is 29.3 Å². The largest absolute Gasteiger partial charge is 0.487 e. The molecule has 108 valence electrons. The zero-order valence-corrected chi connectivity index (χ0v) is 11.9. The van der Waals surface area contributed by atoms with E-state index in [0.29, 0.717) is 0 Å². The van der Waals surface area contributed by atoms with E-state index < -0.39 is 12.0 Å². The molecule has 0 aliphatic carbocycles. The fourth-order valence-corrected chi connectivity index (χ4v) is 2.51. The standard InChI is InChI=1S/C15H19NO4/c1-9(17)16-12(14(18)19)7-10-5-4-6-11-8-15(2,3)20-13(10)11/h4-6,12H,7-8H2,1-3H3,(H,16,17)(H,18,19). The molecule has 0 saturated heterocycles. The Bertz CT molecular complexity index is 551. The number of aliphatic carboxylic acids is 1. The predicted octanol–water partition coefficient (Wildman–Crippen LogP) is 1.53. The molecule has 1 unspecified atom stereocenters. The number of carboxylic acid groups (broad SMARTS) is 1. The van der Waals surface area contributed by atoms with Gasteiger partial charge in [0, 0.05) is 19.8 Å². The van der Waals surface area contributed by atoms with Crippen LogP contribution in [0.3, 0.4) is 0 Å². The molecule has 2 N–H and O–H groups in total. The number of para-hydroxylation sites is 1. The molecule has 5 heteroatoms. The van der Waals surface area contributed by atoms with Gasteiger partial charge in [0.15, 0.2) is 0 Å². The number of carbonyl (C=O) groups excluding carboxylic acids is 1. The van der Waals surface area contributed by atoms with E-state index in [-0.39, 0.29) is 17.9 Å². The molecule has 20 heavy (non-hydrogen) atoms. The Morgan fingerprint density at radius 1 is 1.45 bits per heavy atom. The van der Waals surface area contributed by atoms with Crippen LogP contribution >= 0.6 is 0 Å². The monoisotopic (exact) mass is 277 g/mol. The zero-order chi connectivity index (χ0) is 14.9. The first-order valence-electron chi connectivity index (χ1n) is 6.58. The molecule has 1 aliphatic heterocycles. The van der Waals surface area contributed by atoms with Gasteiger partial charge in [-0.1, -0.05) is 18.2 Å². The molecule has 0 radical (unpaired) electrons. The van der Waals surface area contributed by atoms with E-state index in [0.717, 1.165) is 23.3 Å². The third-order valence-corrected chi connectivity index (χ3v) is 3.27. The molecule has 1 aromatic rings. The minimum absolute atomic E-state index is 0.216. The quantitative estimate of drug-likeness (QED) is 0.875. The SMILES string of the molecule is CC(=O)NC(Cc1cccc2c1OC(C)(C)C2)C(=O)O. The highest BCUT2D eigenvalue weighted by atomic mass is 16.5. The van der Waals surface area contributed by atoms with E-state index in [1.807, 2.05) is 32.0 Å². The number of carbonyl (C=O) groups is 2. The summed E-state index contributed by atoms with van der Waals surface area (Å²) >= 11 is 0. The van der Waals surface area contributed by atoms with E-state index in [1.165, 1.54) is 6.92 Å². The maximum atomic E-state index is 11.2. The van der Waals surface area contributed by atoms with E-state index in [1.54, 1.807) is 0 Å². The van der Waals surface area contributed by atoms with Crippen LogP contribution in [0.15, 0.2) is 18.2 Å². The summed E-state index contributed by atoms with van der Waals surface area (Å²) in [7, 11) is 0. The highest BCUT2D eigenvalue weighted by Gasteiger charge is 2.32. The summed E-state index contributed by atoms with van der Waals surface area (Å²) in [6.07, 6.45) is 1.02. The van der Waals surface area contributed by atoms with Gasteiger partial charge in [-0.25, -0.2) is 4.79 Å². The van der Waals surface area contributed by atoms with Crippen LogP contribution in [0.5, 0.6) is 5.75 Å². The molecule has 0 bridgehead atoms. The van der Waals surface area contributed by atoms with E-state index in [2.05, 4.69) is 5.32 Å². The van der Waals surface area contributed by atoms with Crippen molar-refractivity contribution in [2.24, 2.45) is 0 Å². The molecule has 1 heterocycles. The predicted molar refractivity (Wildman–Crippen MR) is 73.8 cm³/mol. The van der Waals surface area contributed by atoms with Gasteiger partial charge in [-0.05, 0) is 25.0 Å². The van der Waals surface area contributed by atoms with Gasteiger partial charge in [0.2, 0.25) is 5.91 Å². The van der Waals surface area contributed by atoms with Crippen LogP contribution in [-0.2, 0) is 22.4 Å². The van der Waals surface area contributed by atoms with Gasteiger partial charge in [-0.2, -0.15) is 0 Å². The number of ether oxygens (including phenoxy) is 1. The number of benzene rings is 1. The Hall–Kier alpha value is -2.04. The van der Waals surface area contributed by atoms with Crippen LogP contribution < -0.4 is 10.1 Å². The lowest BCUT2D eigenvalue weighted by Gasteiger charge is -2.19. The van der Waals surface area contributed by atoms with Gasteiger partial charge in [-0.3, -0.25) is 4.79 Å². The first-order chi connectivity index (χ1) is 9.28. The second kappa shape index (κ2) is 5.15. The summed E-state index contributed by atoms with van der Waals surface area (Å²) in [6.45, 7) is 5.31. The van der Waals surface area contributed by atoms with Crippen molar-refractivity contribution in [2.75, 3.05) is 0 Å². The number of nitrogens with one attached hydrogen (secondary N) is 1. The van der Waals surface area contributed by atoms with Crippen LogP contribution in [0.25, 0.3) is 0 Å². The van der Waals surface area contributed by atoms with Crippen molar-refractivity contribution in [2.45, 2.75) is 45.3 Å². The van der Waals surface area contributed by atoms with E-state index in [9.17, 15) is 14.7 Å². The van der Waals surface area contributed by atoms with Gasteiger partial charge < -0.3 is 15.2 Å². The lowest BCUT2D eigenvalue weighted by molar-refractivity contribution is -0.141. The number of hydrogen-bond donors (Lipinski definition) is 2. The van der Waals surface area contributed by atoms with Gasteiger partial charge in [-0.15, -0.1) is 0 Å².